The molecule has 0 bridgehead atoms. The summed E-state index contributed by atoms with van der Waals surface area (Å²) in [7, 11) is 2.17. The highest BCUT2D eigenvalue weighted by molar-refractivity contribution is 8.26. The molecular weight excluding hydrogens is 340 g/mol. The number of rotatable bonds is 2. The highest BCUT2D eigenvalue weighted by Crippen LogP contribution is 2.29. The van der Waals surface area contributed by atoms with Gasteiger partial charge >= 0.3 is 0 Å². The van der Waals surface area contributed by atoms with Gasteiger partial charge in [0.1, 0.15) is 4.32 Å². The van der Waals surface area contributed by atoms with E-state index in [-0.39, 0.29) is 5.91 Å². The van der Waals surface area contributed by atoms with E-state index in [1.165, 1.54) is 11.8 Å². The number of aromatic nitrogens is 2. The number of piperidine rings is 1. The summed E-state index contributed by atoms with van der Waals surface area (Å²) in [6.07, 6.45) is 6.12. The fraction of sp³-hybridized carbons (Fsp3) is 0.353. The fourth-order valence-corrected chi connectivity index (χ4v) is 4.31. The normalized spacial score (nSPS) is 21.8. The molecule has 0 radical (unpaired) electrons. The van der Waals surface area contributed by atoms with Crippen LogP contribution in [0.4, 0.5) is 0 Å². The number of fused-ring (bicyclic) bond motifs is 1. The van der Waals surface area contributed by atoms with E-state index in [2.05, 4.69) is 32.9 Å². The Morgan fingerprint density at radius 3 is 2.88 bits per heavy atom. The second-order valence-corrected chi connectivity index (χ2v) is 8.01. The lowest BCUT2D eigenvalue weighted by molar-refractivity contribution is -0.115. The van der Waals surface area contributed by atoms with Crippen molar-refractivity contribution in [2.24, 2.45) is 0 Å². The lowest BCUT2D eigenvalue weighted by atomic mass is 10.0. The van der Waals surface area contributed by atoms with Crippen LogP contribution in [0.25, 0.3) is 17.1 Å². The highest BCUT2D eigenvalue weighted by Gasteiger charge is 2.22. The molecule has 0 unspecified atom stereocenters. The monoisotopic (exact) mass is 358 g/mol. The molecule has 0 saturated carbocycles. The minimum atomic E-state index is -0.117. The molecule has 3 heterocycles. The Labute approximate surface area is 150 Å². The summed E-state index contributed by atoms with van der Waals surface area (Å²) in [5.74, 6) is -0.117. The van der Waals surface area contributed by atoms with Crippen LogP contribution in [0.15, 0.2) is 29.4 Å². The average Bonchev–Trinajstić information content (AvgIpc) is 3.11. The second kappa shape index (κ2) is 6.31. The number of amides is 1. The van der Waals surface area contributed by atoms with E-state index in [4.69, 9.17) is 12.2 Å². The van der Waals surface area contributed by atoms with Crippen LogP contribution in [0, 0.1) is 0 Å². The van der Waals surface area contributed by atoms with E-state index in [9.17, 15) is 4.79 Å². The molecule has 1 aromatic heterocycles. The van der Waals surface area contributed by atoms with E-state index in [0.717, 1.165) is 42.5 Å². The molecular formula is C17H18N4OS2. The van der Waals surface area contributed by atoms with Crippen LogP contribution in [0.2, 0.25) is 0 Å². The summed E-state index contributed by atoms with van der Waals surface area (Å²) >= 11 is 6.35. The van der Waals surface area contributed by atoms with Gasteiger partial charge in [-0.15, -0.1) is 0 Å². The first kappa shape index (κ1) is 15.8. The third-order valence-electron chi connectivity index (χ3n) is 4.62. The van der Waals surface area contributed by atoms with Crippen molar-refractivity contribution in [1.82, 2.24) is 19.8 Å². The predicted octanol–water partition coefficient (Wildman–Crippen LogP) is 2.79. The molecule has 1 N–H and O–H groups in total. The maximum atomic E-state index is 11.8. The molecule has 2 aliphatic rings. The van der Waals surface area contributed by atoms with Gasteiger partial charge in [-0.2, -0.15) is 0 Å². The van der Waals surface area contributed by atoms with Crippen LogP contribution < -0.4 is 5.32 Å². The molecule has 124 valence electrons. The molecule has 4 rings (SSSR count). The van der Waals surface area contributed by atoms with Gasteiger partial charge in [0.05, 0.1) is 22.3 Å². The van der Waals surface area contributed by atoms with Crippen molar-refractivity contribution in [3.63, 3.8) is 0 Å². The Morgan fingerprint density at radius 1 is 1.38 bits per heavy atom. The Morgan fingerprint density at radius 2 is 2.17 bits per heavy atom. The highest BCUT2D eigenvalue weighted by atomic mass is 32.2. The van der Waals surface area contributed by atoms with Gasteiger partial charge in [-0.25, -0.2) is 4.98 Å². The van der Waals surface area contributed by atoms with Gasteiger partial charge < -0.3 is 14.8 Å². The van der Waals surface area contributed by atoms with Crippen LogP contribution in [0.1, 0.15) is 24.4 Å². The Balaban J connectivity index is 1.67. The molecule has 0 atom stereocenters. The van der Waals surface area contributed by atoms with E-state index >= 15 is 0 Å². The first-order chi connectivity index (χ1) is 11.6. The first-order valence-electron chi connectivity index (χ1n) is 8.00. The van der Waals surface area contributed by atoms with Crippen LogP contribution in [-0.2, 0) is 4.79 Å². The van der Waals surface area contributed by atoms with Gasteiger partial charge in [0.25, 0.3) is 5.91 Å². The third kappa shape index (κ3) is 2.99. The largest absolute Gasteiger partial charge is 0.327 e. The minimum Gasteiger partial charge on any atom is -0.327 e. The number of nitrogens with zero attached hydrogens (tertiary/aromatic N) is 3. The number of thiocarbonyl (C=S) groups is 1. The number of likely N-dealkylation sites (tertiary alicyclic amines) is 1. The van der Waals surface area contributed by atoms with Crippen LogP contribution in [-0.4, -0.2) is 44.8 Å². The Bertz CT molecular complexity index is 849. The second-order valence-electron chi connectivity index (χ2n) is 6.29. The maximum absolute atomic E-state index is 11.8. The van der Waals surface area contributed by atoms with Crippen molar-refractivity contribution < 1.29 is 4.79 Å². The molecule has 1 aromatic carbocycles. The van der Waals surface area contributed by atoms with Crippen molar-refractivity contribution in [3.05, 3.63) is 35.0 Å². The molecule has 1 amide bonds. The molecule has 7 heteroatoms. The maximum Gasteiger partial charge on any atom is 0.263 e. The molecule has 2 saturated heterocycles. The van der Waals surface area contributed by atoms with E-state index < -0.39 is 0 Å². The van der Waals surface area contributed by atoms with Crippen molar-refractivity contribution in [2.75, 3.05) is 20.1 Å². The van der Waals surface area contributed by atoms with Crippen molar-refractivity contribution >= 4 is 51.3 Å². The number of hydrogen-bond acceptors (Lipinski definition) is 5. The quantitative estimate of drug-likeness (QED) is 0.661. The third-order valence-corrected chi connectivity index (χ3v) is 5.78. The summed E-state index contributed by atoms with van der Waals surface area (Å²) in [5, 5.41) is 2.65. The van der Waals surface area contributed by atoms with E-state index in [1.54, 1.807) is 0 Å². The smallest absolute Gasteiger partial charge is 0.263 e. The van der Waals surface area contributed by atoms with Crippen molar-refractivity contribution in [2.45, 2.75) is 18.9 Å². The van der Waals surface area contributed by atoms with Crippen LogP contribution >= 0.6 is 24.0 Å². The van der Waals surface area contributed by atoms with Crippen molar-refractivity contribution in [3.8, 4) is 0 Å². The number of nitrogens with one attached hydrogen (secondary N) is 1. The number of imidazole rings is 1. The van der Waals surface area contributed by atoms with Gasteiger partial charge in [-0.3, -0.25) is 4.79 Å². The lowest BCUT2D eigenvalue weighted by Crippen LogP contribution is -2.31. The standard InChI is InChI=1S/C17H18N4OS2/c1-20-6-4-12(5-7-20)21-10-18-13-3-2-11(8-14(13)21)9-15-16(22)19-17(23)24-15/h2-3,8-10,12H,4-7H2,1H3,(H,19,22,23)/b15-9-. The minimum absolute atomic E-state index is 0.117. The topological polar surface area (TPSA) is 50.2 Å². The number of carbonyl (C=O) groups is 1. The molecule has 2 fully saturated rings. The first-order valence-corrected chi connectivity index (χ1v) is 9.22. The summed E-state index contributed by atoms with van der Waals surface area (Å²) in [4.78, 5) is 19.4. The molecule has 2 aliphatic heterocycles. The summed E-state index contributed by atoms with van der Waals surface area (Å²) < 4.78 is 2.81. The van der Waals surface area contributed by atoms with E-state index in [0.29, 0.717) is 15.3 Å². The zero-order valence-corrected chi connectivity index (χ0v) is 15.0. The molecule has 0 spiro atoms. The lowest BCUT2D eigenvalue weighted by Gasteiger charge is -2.30. The molecule has 0 aliphatic carbocycles. The number of benzene rings is 1. The van der Waals surface area contributed by atoms with Gasteiger partial charge in [-0.05, 0) is 56.8 Å². The summed E-state index contributed by atoms with van der Waals surface area (Å²) in [5.41, 5.74) is 3.12. The summed E-state index contributed by atoms with van der Waals surface area (Å²) in [6.45, 7) is 2.23. The van der Waals surface area contributed by atoms with Crippen LogP contribution in [0.5, 0.6) is 0 Å². The van der Waals surface area contributed by atoms with Gasteiger partial charge in [0.15, 0.2) is 0 Å². The zero-order chi connectivity index (χ0) is 16.7. The Hall–Kier alpha value is -1.70. The van der Waals surface area contributed by atoms with Gasteiger partial charge in [0.2, 0.25) is 0 Å². The van der Waals surface area contributed by atoms with Crippen LogP contribution in [0.3, 0.4) is 0 Å². The van der Waals surface area contributed by atoms with Gasteiger partial charge in [-0.1, -0.05) is 30.0 Å². The average molecular weight is 358 g/mol. The molecule has 24 heavy (non-hydrogen) atoms. The molecule has 2 aromatic rings. The fourth-order valence-electron chi connectivity index (χ4n) is 3.27. The Kier molecular flexibility index (Phi) is 4.15. The van der Waals surface area contributed by atoms with Crippen molar-refractivity contribution in [1.29, 1.82) is 0 Å². The molecule has 5 nitrogen and oxygen atoms in total. The number of thioether (sulfide) groups is 1. The van der Waals surface area contributed by atoms with Gasteiger partial charge in [0, 0.05) is 6.04 Å². The number of carbonyl (C=O) groups excluding carboxylic acids is 1. The van der Waals surface area contributed by atoms with E-state index in [1.807, 2.05) is 24.5 Å². The predicted molar refractivity (Wildman–Crippen MR) is 102 cm³/mol. The SMILES string of the molecule is CN1CCC(n2cnc3ccc(/C=C4\SC(=S)NC4=O)cc32)CC1. The summed E-state index contributed by atoms with van der Waals surface area (Å²) in [6, 6.07) is 6.62. The zero-order valence-electron chi connectivity index (χ0n) is 13.4. The number of hydrogen-bond donors (Lipinski definition) is 1.